The highest BCUT2D eigenvalue weighted by Crippen LogP contribution is 2.21. The van der Waals surface area contributed by atoms with Gasteiger partial charge in [0.1, 0.15) is 0 Å². The van der Waals surface area contributed by atoms with E-state index in [-0.39, 0.29) is 6.10 Å². The molecule has 0 saturated carbocycles. The predicted molar refractivity (Wildman–Crippen MR) is 51.2 cm³/mol. The molecule has 0 aliphatic carbocycles. The summed E-state index contributed by atoms with van der Waals surface area (Å²) in [6.07, 6.45) is 1.61. The fourth-order valence-electron chi connectivity index (χ4n) is 1.34. The molecule has 12 heavy (non-hydrogen) atoms. The van der Waals surface area contributed by atoms with Crippen LogP contribution in [0.3, 0.4) is 0 Å². The number of hydrogen-bond donors (Lipinski definition) is 2. The van der Waals surface area contributed by atoms with Gasteiger partial charge in [0.2, 0.25) is 0 Å². The standard InChI is InChI=1S/C9H11NOS/c11-8-4-7(5-10-6-8)9-2-1-3-12-9/h1-4,8,10-11H,5-6H2. The molecule has 0 amide bonds. The molecule has 1 aromatic rings. The molecule has 1 atom stereocenters. The summed E-state index contributed by atoms with van der Waals surface area (Å²) in [6, 6.07) is 4.11. The van der Waals surface area contributed by atoms with Crippen LogP contribution in [0.15, 0.2) is 23.6 Å². The monoisotopic (exact) mass is 181 g/mol. The van der Waals surface area contributed by atoms with Crippen LogP contribution in [0.25, 0.3) is 5.57 Å². The van der Waals surface area contributed by atoms with Gasteiger partial charge in [-0.25, -0.2) is 0 Å². The minimum Gasteiger partial charge on any atom is -0.388 e. The number of hydrogen-bond acceptors (Lipinski definition) is 3. The van der Waals surface area contributed by atoms with Crippen molar-refractivity contribution < 1.29 is 5.11 Å². The minimum absolute atomic E-state index is 0.323. The van der Waals surface area contributed by atoms with Gasteiger partial charge in [0.25, 0.3) is 0 Å². The van der Waals surface area contributed by atoms with E-state index in [9.17, 15) is 5.11 Å². The van der Waals surface area contributed by atoms with Gasteiger partial charge in [-0.2, -0.15) is 0 Å². The molecule has 3 heteroatoms. The van der Waals surface area contributed by atoms with Gasteiger partial charge in [0.15, 0.2) is 0 Å². The third-order valence-corrected chi connectivity index (χ3v) is 2.85. The molecule has 2 nitrogen and oxygen atoms in total. The minimum atomic E-state index is -0.323. The van der Waals surface area contributed by atoms with Crippen LogP contribution in [0.1, 0.15) is 4.88 Å². The fourth-order valence-corrected chi connectivity index (χ4v) is 2.09. The van der Waals surface area contributed by atoms with E-state index in [1.54, 1.807) is 11.3 Å². The maximum Gasteiger partial charge on any atom is 0.0852 e. The quantitative estimate of drug-likeness (QED) is 0.680. The fraction of sp³-hybridized carbons (Fsp3) is 0.333. The van der Waals surface area contributed by atoms with Crippen molar-refractivity contribution >= 4 is 16.9 Å². The van der Waals surface area contributed by atoms with Crippen LogP contribution in [0.4, 0.5) is 0 Å². The Balaban J connectivity index is 2.23. The first-order valence-corrected chi connectivity index (χ1v) is 4.87. The molecule has 64 valence electrons. The van der Waals surface area contributed by atoms with Gasteiger partial charge >= 0.3 is 0 Å². The number of nitrogens with one attached hydrogen (secondary N) is 1. The SMILES string of the molecule is OC1C=C(c2cccs2)CNC1. The first-order valence-electron chi connectivity index (χ1n) is 3.99. The molecule has 2 rings (SSSR count). The summed E-state index contributed by atoms with van der Waals surface area (Å²) in [6.45, 7) is 1.55. The van der Waals surface area contributed by atoms with Crippen molar-refractivity contribution in [2.24, 2.45) is 0 Å². The Kier molecular flexibility index (Phi) is 2.26. The number of rotatable bonds is 1. The molecule has 2 N–H and O–H groups in total. The Morgan fingerprint density at radius 1 is 1.58 bits per heavy atom. The Bertz CT molecular complexity index is 279. The second-order valence-corrected chi connectivity index (χ2v) is 3.82. The Labute approximate surface area is 75.5 Å². The lowest BCUT2D eigenvalue weighted by molar-refractivity contribution is 0.217. The third kappa shape index (κ3) is 1.58. The molecular weight excluding hydrogens is 170 g/mol. The number of aliphatic hydroxyl groups excluding tert-OH is 1. The molecule has 1 aromatic heterocycles. The number of thiophene rings is 1. The molecule has 0 spiro atoms. The summed E-state index contributed by atoms with van der Waals surface area (Å²) >= 11 is 1.71. The second kappa shape index (κ2) is 3.39. The van der Waals surface area contributed by atoms with Gasteiger partial charge in [-0.05, 0) is 23.1 Å². The highest BCUT2D eigenvalue weighted by atomic mass is 32.1. The lowest BCUT2D eigenvalue weighted by atomic mass is 10.1. The average molecular weight is 181 g/mol. The smallest absolute Gasteiger partial charge is 0.0852 e. The highest BCUT2D eigenvalue weighted by molar-refractivity contribution is 7.11. The van der Waals surface area contributed by atoms with Crippen LogP contribution < -0.4 is 5.32 Å². The largest absolute Gasteiger partial charge is 0.388 e. The van der Waals surface area contributed by atoms with Crippen molar-refractivity contribution in [3.05, 3.63) is 28.5 Å². The van der Waals surface area contributed by atoms with E-state index < -0.39 is 0 Å². The lowest BCUT2D eigenvalue weighted by Crippen LogP contribution is -2.31. The molecule has 2 heterocycles. The average Bonchev–Trinajstić information content (AvgIpc) is 2.56. The van der Waals surface area contributed by atoms with Gasteiger partial charge in [0.05, 0.1) is 6.10 Å². The molecule has 1 aliphatic rings. The number of aliphatic hydroxyl groups is 1. The van der Waals surface area contributed by atoms with Crippen molar-refractivity contribution in [3.8, 4) is 0 Å². The van der Waals surface area contributed by atoms with Crippen LogP contribution in [-0.2, 0) is 0 Å². The Morgan fingerprint density at radius 3 is 3.17 bits per heavy atom. The van der Waals surface area contributed by atoms with Crippen molar-refractivity contribution in [1.29, 1.82) is 0 Å². The maximum absolute atomic E-state index is 9.34. The van der Waals surface area contributed by atoms with E-state index in [2.05, 4.69) is 16.8 Å². The summed E-state index contributed by atoms with van der Waals surface area (Å²) in [4.78, 5) is 1.25. The zero-order valence-corrected chi connectivity index (χ0v) is 7.47. The second-order valence-electron chi connectivity index (χ2n) is 2.87. The van der Waals surface area contributed by atoms with Crippen LogP contribution >= 0.6 is 11.3 Å². The van der Waals surface area contributed by atoms with E-state index in [4.69, 9.17) is 0 Å². The molecule has 0 radical (unpaired) electrons. The van der Waals surface area contributed by atoms with Gasteiger partial charge in [0, 0.05) is 18.0 Å². The van der Waals surface area contributed by atoms with Crippen LogP contribution in [0.2, 0.25) is 0 Å². The molecule has 0 bridgehead atoms. The Hall–Kier alpha value is -0.640. The molecule has 0 fully saturated rings. The predicted octanol–water partition coefficient (Wildman–Crippen LogP) is 1.10. The van der Waals surface area contributed by atoms with Crippen molar-refractivity contribution in [1.82, 2.24) is 5.32 Å². The molecular formula is C9H11NOS. The maximum atomic E-state index is 9.34. The summed E-state index contributed by atoms with van der Waals surface area (Å²) in [7, 11) is 0. The topological polar surface area (TPSA) is 32.3 Å². The lowest BCUT2D eigenvalue weighted by Gasteiger charge is -2.17. The van der Waals surface area contributed by atoms with Gasteiger partial charge in [-0.15, -0.1) is 11.3 Å². The van der Waals surface area contributed by atoms with E-state index in [0.29, 0.717) is 6.54 Å². The van der Waals surface area contributed by atoms with Crippen molar-refractivity contribution in [2.75, 3.05) is 13.1 Å². The third-order valence-electron chi connectivity index (χ3n) is 1.90. The van der Waals surface area contributed by atoms with E-state index in [0.717, 1.165) is 6.54 Å². The summed E-state index contributed by atoms with van der Waals surface area (Å²) in [5.74, 6) is 0. The van der Waals surface area contributed by atoms with E-state index in [1.165, 1.54) is 10.5 Å². The first-order chi connectivity index (χ1) is 5.86. The van der Waals surface area contributed by atoms with Crippen molar-refractivity contribution in [3.63, 3.8) is 0 Å². The normalized spacial score (nSPS) is 23.8. The van der Waals surface area contributed by atoms with Crippen molar-refractivity contribution in [2.45, 2.75) is 6.10 Å². The van der Waals surface area contributed by atoms with Crippen LogP contribution in [-0.4, -0.2) is 24.3 Å². The van der Waals surface area contributed by atoms with Gasteiger partial charge in [-0.1, -0.05) is 6.07 Å². The van der Waals surface area contributed by atoms with Crippen LogP contribution in [0.5, 0.6) is 0 Å². The number of β-amino-alcohol motifs (C(OH)–C–C–N with tert-alkyl or cyclic N) is 1. The zero-order chi connectivity index (χ0) is 8.39. The molecule has 1 unspecified atom stereocenters. The molecule has 1 aliphatic heterocycles. The summed E-state index contributed by atoms with van der Waals surface area (Å²) in [5, 5.41) is 14.6. The first kappa shape index (κ1) is 7.98. The summed E-state index contributed by atoms with van der Waals surface area (Å²) < 4.78 is 0. The molecule has 0 saturated heterocycles. The summed E-state index contributed by atoms with van der Waals surface area (Å²) in [5.41, 5.74) is 1.21. The highest BCUT2D eigenvalue weighted by Gasteiger charge is 2.11. The van der Waals surface area contributed by atoms with Gasteiger partial charge < -0.3 is 10.4 Å². The van der Waals surface area contributed by atoms with E-state index >= 15 is 0 Å². The molecule has 0 aromatic carbocycles. The van der Waals surface area contributed by atoms with Crippen LogP contribution in [0, 0.1) is 0 Å². The Morgan fingerprint density at radius 2 is 2.50 bits per heavy atom. The zero-order valence-electron chi connectivity index (χ0n) is 6.66. The van der Waals surface area contributed by atoms with Gasteiger partial charge in [-0.3, -0.25) is 0 Å². The van der Waals surface area contributed by atoms with E-state index in [1.807, 2.05) is 12.1 Å².